The molecule has 1 aromatic heterocycles. The Morgan fingerprint density at radius 3 is 2.87 bits per heavy atom. The van der Waals surface area contributed by atoms with Gasteiger partial charge in [0.2, 0.25) is 5.91 Å². The van der Waals surface area contributed by atoms with Gasteiger partial charge in [0.1, 0.15) is 13.2 Å². The molecular weight excluding hydrogens is 529 g/mol. The first-order chi connectivity index (χ1) is 18.5. The van der Waals surface area contributed by atoms with Gasteiger partial charge in [-0.1, -0.05) is 29.8 Å². The van der Waals surface area contributed by atoms with E-state index in [1.807, 2.05) is 11.4 Å². The third-order valence-electron chi connectivity index (χ3n) is 6.79. The molecule has 2 atom stereocenters. The maximum Gasteiger partial charge on any atom is 0.322 e. The van der Waals surface area contributed by atoms with Crippen LogP contribution in [0.2, 0.25) is 5.02 Å². The second-order valence-electron chi connectivity index (χ2n) is 9.35. The summed E-state index contributed by atoms with van der Waals surface area (Å²) in [6.07, 6.45) is 2.34. The van der Waals surface area contributed by atoms with E-state index in [1.165, 1.54) is 15.8 Å². The summed E-state index contributed by atoms with van der Waals surface area (Å²) in [6.45, 7) is 1.41. The third kappa shape index (κ3) is 6.28. The van der Waals surface area contributed by atoms with Crippen LogP contribution in [0.15, 0.2) is 60.0 Å². The number of ether oxygens (including phenoxy) is 2. The first-order valence-electron chi connectivity index (χ1n) is 12.6. The quantitative estimate of drug-likeness (QED) is 0.382. The van der Waals surface area contributed by atoms with Crippen molar-refractivity contribution in [2.45, 2.75) is 31.4 Å². The number of halogens is 2. The lowest BCUT2D eigenvalue weighted by Gasteiger charge is -2.37. The van der Waals surface area contributed by atoms with Crippen molar-refractivity contribution in [1.29, 1.82) is 0 Å². The van der Waals surface area contributed by atoms with Crippen molar-refractivity contribution in [3.63, 3.8) is 0 Å². The van der Waals surface area contributed by atoms with E-state index >= 15 is 0 Å². The number of rotatable bonds is 8. The molecule has 7 nitrogen and oxygen atoms in total. The van der Waals surface area contributed by atoms with Crippen molar-refractivity contribution in [3.8, 4) is 5.75 Å². The van der Waals surface area contributed by atoms with Crippen LogP contribution >= 0.6 is 22.9 Å². The maximum atomic E-state index is 14.2. The van der Waals surface area contributed by atoms with Crippen molar-refractivity contribution in [1.82, 2.24) is 9.80 Å². The van der Waals surface area contributed by atoms with Crippen LogP contribution in [-0.2, 0) is 16.0 Å². The van der Waals surface area contributed by atoms with Crippen molar-refractivity contribution in [2.75, 3.05) is 38.2 Å². The number of fused-ring (bicyclic) bond motifs is 1. The predicted octanol–water partition coefficient (Wildman–Crippen LogP) is 5.76. The third-order valence-corrected chi connectivity index (χ3v) is 8.02. The average molecular weight is 558 g/mol. The lowest BCUT2D eigenvalue weighted by molar-refractivity contribution is -0.135. The number of benzene rings is 2. The summed E-state index contributed by atoms with van der Waals surface area (Å²) in [5.74, 6) is -0.515. The molecule has 5 rings (SSSR count). The van der Waals surface area contributed by atoms with Gasteiger partial charge in [0.15, 0.2) is 11.6 Å². The second kappa shape index (κ2) is 12.1. The number of amides is 3. The number of thiophene rings is 1. The standard InChI is InChI=1S/C28H29ClFN3O4S/c29-19-5-3-6-20(15-19)31-28(35)32(16-21-7-4-13-36-21)17-27(34)33-12-10-26-22(11-14-38-26)24(33)18-37-25-9-2-1-8-23(25)30/h1-3,5-6,8-9,11,14-15,21,24H,4,7,10,12-13,16-18H2,(H,31,35)/t21-,24-/m1/s1. The molecule has 1 fully saturated rings. The largest absolute Gasteiger partial charge is 0.488 e. The minimum atomic E-state index is -0.452. The predicted molar refractivity (Wildman–Crippen MR) is 145 cm³/mol. The fourth-order valence-corrected chi connectivity index (χ4v) is 6.00. The highest BCUT2D eigenvalue weighted by molar-refractivity contribution is 7.10. The van der Waals surface area contributed by atoms with Crippen molar-refractivity contribution in [3.05, 3.63) is 81.3 Å². The van der Waals surface area contributed by atoms with Gasteiger partial charge in [-0.3, -0.25) is 4.79 Å². The molecule has 38 heavy (non-hydrogen) atoms. The molecule has 0 unspecified atom stereocenters. The SMILES string of the molecule is O=C(Nc1cccc(Cl)c1)N(CC(=O)N1CCc2sccc2[C@H]1COc1ccccc1F)C[C@H]1CCCO1. The zero-order valence-electron chi connectivity index (χ0n) is 20.8. The number of para-hydroxylation sites is 1. The second-order valence-corrected chi connectivity index (χ2v) is 10.8. The number of carbonyl (C=O) groups is 2. The van der Waals surface area contributed by atoms with E-state index < -0.39 is 17.9 Å². The zero-order chi connectivity index (χ0) is 26.5. The zero-order valence-corrected chi connectivity index (χ0v) is 22.3. The first kappa shape index (κ1) is 26.5. The molecule has 3 amide bonds. The van der Waals surface area contributed by atoms with Crippen LogP contribution in [0.25, 0.3) is 0 Å². The topological polar surface area (TPSA) is 71.1 Å². The molecule has 200 valence electrons. The Morgan fingerprint density at radius 1 is 1.21 bits per heavy atom. The monoisotopic (exact) mass is 557 g/mol. The Kier molecular flexibility index (Phi) is 8.46. The number of nitrogens with zero attached hydrogens (tertiary/aromatic N) is 2. The highest BCUT2D eigenvalue weighted by Crippen LogP contribution is 2.34. The molecule has 1 saturated heterocycles. The molecule has 2 aromatic carbocycles. The minimum absolute atomic E-state index is 0.108. The number of carbonyl (C=O) groups excluding carboxylic acids is 2. The van der Waals surface area contributed by atoms with Crippen molar-refractivity contribution in [2.24, 2.45) is 0 Å². The Morgan fingerprint density at radius 2 is 2.08 bits per heavy atom. The summed E-state index contributed by atoms with van der Waals surface area (Å²) in [5.41, 5.74) is 1.55. The molecule has 1 N–H and O–H groups in total. The summed E-state index contributed by atoms with van der Waals surface area (Å²) < 4.78 is 25.8. The van der Waals surface area contributed by atoms with E-state index in [2.05, 4.69) is 5.32 Å². The lowest BCUT2D eigenvalue weighted by Crippen LogP contribution is -2.50. The molecule has 0 spiro atoms. The molecule has 0 aliphatic carbocycles. The molecule has 3 aromatic rings. The van der Waals surface area contributed by atoms with Crippen LogP contribution in [0, 0.1) is 5.82 Å². The fourth-order valence-electron chi connectivity index (χ4n) is 4.88. The number of nitrogens with one attached hydrogen (secondary N) is 1. The normalized spacial score (nSPS) is 18.6. The molecule has 3 heterocycles. The van der Waals surface area contributed by atoms with E-state index in [0.717, 1.165) is 24.8 Å². The molecule has 0 bridgehead atoms. The van der Waals surface area contributed by atoms with Gasteiger partial charge < -0.3 is 24.6 Å². The number of hydrogen-bond donors (Lipinski definition) is 1. The van der Waals surface area contributed by atoms with Gasteiger partial charge in [0, 0.05) is 35.3 Å². The Hall–Kier alpha value is -3.14. The molecular formula is C28H29ClFN3O4S. The number of urea groups is 1. The van der Waals surface area contributed by atoms with E-state index in [-0.39, 0.29) is 30.9 Å². The molecule has 2 aliphatic heterocycles. The van der Waals surface area contributed by atoms with Crippen LogP contribution in [0.1, 0.15) is 29.3 Å². The molecule has 0 radical (unpaired) electrons. The highest BCUT2D eigenvalue weighted by atomic mass is 35.5. The van der Waals surface area contributed by atoms with Crippen molar-refractivity contribution >= 4 is 40.6 Å². The summed E-state index contributed by atoms with van der Waals surface area (Å²) in [7, 11) is 0. The van der Waals surface area contributed by atoms with Crippen LogP contribution in [-0.4, -0.2) is 60.7 Å². The van der Waals surface area contributed by atoms with Crippen LogP contribution < -0.4 is 10.1 Å². The van der Waals surface area contributed by atoms with E-state index in [1.54, 1.807) is 58.7 Å². The molecule has 0 saturated carbocycles. The van der Waals surface area contributed by atoms with E-state index in [0.29, 0.717) is 30.4 Å². The van der Waals surface area contributed by atoms with Crippen LogP contribution in [0.3, 0.4) is 0 Å². The average Bonchev–Trinajstić information content (AvgIpc) is 3.60. The van der Waals surface area contributed by atoms with Gasteiger partial charge in [0.05, 0.1) is 12.1 Å². The van der Waals surface area contributed by atoms with E-state index in [4.69, 9.17) is 21.1 Å². The summed E-state index contributed by atoms with van der Waals surface area (Å²) in [5, 5.41) is 5.35. The van der Waals surface area contributed by atoms with Crippen LogP contribution in [0.5, 0.6) is 5.75 Å². The number of anilines is 1. The van der Waals surface area contributed by atoms with Gasteiger partial charge in [-0.25, -0.2) is 9.18 Å². The Bertz CT molecular complexity index is 1280. The number of hydrogen-bond acceptors (Lipinski definition) is 5. The van der Waals surface area contributed by atoms with Gasteiger partial charge in [0.25, 0.3) is 0 Å². The lowest BCUT2D eigenvalue weighted by atomic mass is 10.0. The summed E-state index contributed by atoms with van der Waals surface area (Å²) >= 11 is 7.72. The van der Waals surface area contributed by atoms with Crippen LogP contribution in [0.4, 0.5) is 14.9 Å². The Balaban J connectivity index is 1.33. The molecule has 2 aliphatic rings. The first-order valence-corrected chi connectivity index (χ1v) is 13.9. The molecule has 10 heteroatoms. The highest BCUT2D eigenvalue weighted by Gasteiger charge is 2.34. The van der Waals surface area contributed by atoms with Gasteiger partial charge in [-0.15, -0.1) is 11.3 Å². The van der Waals surface area contributed by atoms with Crippen molar-refractivity contribution < 1.29 is 23.5 Å². The smallest absolute Gasteiger partial charge is 0.322 e. The van der Waals surface area contributed by atoms with Gasteiger partial charge >= 0.3 is 6.03 Å². The minimum Gasteiger partial charge on any atom is -0.488 e. The summed E-state index contributed by atoms with van der Waals surface area (Å²) in [4.78, 5) is 31.5. The summed E-state index contributed by atoms with van der Waals surface area (Å²) in [6, 6.07) is 14.3. The maximum absolute atomic E-state index is 14.2. The van der Waals surface area contributed by atoms with Gasteiger partial charge in [-0.2, -0.15) is 0 Å². The Labute approximate surface area is 230 Å². The van der Waals surface area contributed by atoms with E-state index in [9.17, 15) is 14.0 Å². The van der Waals surface area contributed by atoms with Gasteiger partial charge in [-0.05, 0) is 66.6 Å². The fraction of sp³-hybridized carbons (Fsp3) is 0.357.